The van der Waals surface area contributed by atoms with E-state index in [1.165, 1.54) is 46.4 Å². The average molecular weight is 415 g/mol. The van der Waals surface area contributed by atoms with Gasteiger partial charge in [0.25, 0.3) is 0 Å². The molecule has 0 bridgehead atoms. The molecule has 2 N–H and O–H groups in total. The second-order valence-corrected chi connectivity index (χ2v) is 10.6. The van der Waals surface area contributed by atoms with Crippen LogP contribution in [-0.2, 0) is 9.84 Å². The van der Waals surface area contributed by atoms with Gasteiger partial charge in [0.2, 0.25) is 0 Å². The molecule has 0 saturated heterocycles. The number of rotatable bonds is 7. The number of fused-ring (bicyclic) bond motifs is 1. The summed E-state index contributed by atoms with van der Waals surface area (Å²) in [5.41, 5.74) is 3.98. The van der Waals surface area contributed by atoms with Gasteiger partial charge >= 0.3 is 0 Å². The molecular formula is C23H27FN2O2S. The molecule has 1 aromatic heterocycles. The Labute approximate surface area is 171 Å². The highest BCUT2D eigenvalue weighted by Gasteiger charge is 2.58. The van der Waals surface area contributed by atoms with Crippen molar-refractivity contribution >= 4 is 20.7 Å². The third-order valence-electron chi connectivity index (χ3n) is 6.40. The van der Waals surface area contributed by atoms with Gasteiger partial charge in [0.15, 0.2) is 9.84 Å². The Hall–Kier alpha value is -2.18. The molecule has 1 heterocycles. The topological polar surface area (TPSA) is 62.0 Å². The lowest BCUT2D eigenvalue weighted by atomic mass is 10.0. The zero-order valence-electron chi connectivity index (χ0n) is 17.0. The van der Waals surface area contributed by atoms with Gasteiger partial charge < -0.3 is 10.3 Å². The summed E-state index contributed by atoms with van der Waals surface area (Å²) in [4.78, 5) is 3.64. The Bertz CT molecular complexity index is 1130. The van der Waals surface area contributed by atoms with E-state index in [0.717, 1.165) is 6.42 Å². The zero-order valence-corrected chi connectivity index (χ0v) is 17.8. The molecule has 0 aliphatic heterocycles. The first-order valence-electron chi connectivity index (χ1n) is 9.98. The molecule has 4 rings (SSSR count). The zero-order chi connectivity index (χ0) is 20.8. The van der Waals surface area contributed by atoms with E-state index in [0.29, 0.717) is 18.4 Å². The Morgan fingerprint density at radius 1 is 1.10 bits per heavy atom. The largest absolute Gasteiger partial charge is 0.358 e. The van der Waals surface area contributed by atoms with Crippen molar-refractivity contribution < 1.29 is 12.8 Å². The van der Waals surface area contributed by atoms with Crippen LogP contribution in [0.3, 0.4) is 0 Å². The molecule has 6 heteroatoms. The smallest absolute Gasteiger partial charge is 0.191 e. The summed E-state index contributed by atoms with van der Waals surface area (Å²) in [6, 6.07) is 13.4. The number of H-pyrrole nitrogens is 1. The van der Waals surface area contributed by atoms with E-state index >= 15 is 0 Å². The lowest BCUT2D eigenvalue weighted by Crippen LogP contribution is -2.24. The number of hydrogen-bond donors (Lipinski definition) is 2. The number of aromatic nitrogens is 1. The summed E-state index contributed by atoms with van der Waals surface area (Å²) in [5.74, 6) is 0.393. The number of benzene rings is 2. The first kappa shape index (κ1) is 20.1. The molecule has 0 radical (unpaired) electrons. The summed E-state index contributed by atoms with van der Waals surface area (Å²) in [6.45, 7) is 7.35. The molecule has 0 amide bonds. The number of hydrogen-bond acceptors (Lipinski definition) is 3. The van der Waals surface area contributed by atoms with Crippen molar-refractivity contribution in [1.29, 1.82) is 0 Å². The lowest BCUT2D eigenvalue weighted by molar-refractivity contribution is 0.516. The van der Waals surface area contributed by atoms with Crippen molar-refractivity contribution in [2.75, 3.05) is 12.4 Å². The normalized spacial score (nSPS) is 20.8. The van der Waals surface area contributed by atoms with Crippen LogP contribution in [0.5, 0.6) is 0 Å². The maximum absolute atomic E-state index is 13.0. The number of nitrogens with one attached hydrogen (secondary N) is 2. The lowest BCUT2D eigenvalue weighted by Gasteiger charge is -2.07. The summed E-state index contributed by atoms with van der Waals surface area (Å²) < 4.78 is 37.8. The minimum atomic E-state index is -3.46. The summed E-state index contributed by atoms with van der Waals surface area (Å²) in [6.07, 6.45) is 0.912. The van der Waals surface area contributed by atoms with Crippen LogP contribution >= 0.6 is 0 Å². The highest BCUT2D eigenvalue weighted by Crippen LogP contribution is 2.67. The van der Waals surface area contributed by atoms with Crippen LogP contribution in [0, 0.1) is 24.1 Å². The van der Waals surface area contributed by atoms with Crippen molar-refractivity contribution in [2.45, 2.75) is 38.0 Å². The Balaban J connectivity index is 1.39. The van der Waals surface area contributed by atoms with Gasteiger partial charge in [0, 0.05) is 16.6 Å². The van der Waals surface area contributed by atoms with Gasteiger partial charge in [-0.2, -0.15) is 0 Å². The second-order valence-electron chi connectivity index (χ2n) is 8.62. The first-order valence-corrected chi connectivity index (χ1v) is 11.6. The molecule has 1 aliphatic rings. The molecule has 154 valence electrons. The minimum absolute atomic E-state index is 0.136. The van der Waals surface area contributed by atoms with E-state index in [1.807, 2.05) is 6.07 Å². The number of sulfone groups is 1. The summed E-state index contributed by atoms with van der Waals surface area (Å²) in [5, 5.41) is 4.37. The fourth-order valence-corrected chi connectivity index (χ4v) is 5.87. The highest BCUT2D eigenvalue weighted by molar-refractivity contribution is 7.91. The second kappa shape index (κ2) is 7.26. The molecule has 2 atom stereocenters. The molecule has 29 heavy (non-hydrogen) atoms. The van der Waals surface area contributed by atoms with E-state index in [4.69, 9.17) is 0 Å². The van der Waals surface area contributed by atoms with Gasteiger partial charge in [-0.05, 0) is 73.0 Å². The summed E-state index contributed by atoms with van der Waals surface area (Å²) in [7, 11) is -3.46. The predicted molar refractivity (Wildman–Crippen MR) is 114 cm³/mol. The van der Waals surface area contributed by atoms with Crippen LogP contribution < -0.4 is 5.32 Å². The van der Waals surface area contributed by atoms with Crippen LogP contribution in [0.2, 0.25) is 0 Å². The third-order valence-corrected chi connectivity index (χ3v) is 7.98. The van der Waals surface area contributed by atoms with Crippen LogP contribution in [0.1, 0.15) is 37.4 Å². The quantitative estimate of drug-likeness (QED) is 0.433. The molecule has 1 aliphatic carbocycles. The Morgan fingerprint density at radius 3 is 2.52 bits per heavy atom. The fraction of sp³-hybridized carbons (Fsp3) is 0.391. The molecule has 1 fully saturated rings. The third kappa shape index (κ3) is 3.71. The first-order chi connectivity index (χ1) is 13.7. The van der Waals surface area contributed by atoms with Gasteiger partial charge in [0.05, 0.1) is 4.90 Å². The molecule has 4 nitrogen and oxygen atoms in total. The van der Waals surface area contributed by atoms with Crippen molar-refractivity contribution in [2.24, 2.45) is 11.3 Å². The van der Waals surface area contributed by atoms with E-state index in [2.05, 4.69) is 49.3 Å². The number of aryl methyl sites for hydroxylation is 1. The molecule has 1 saturated carbocycles. The maximum Gasteiger partial charge on any atom is 0.191 e. The average Bonchev–Trinajstić information content (AvgIpc) is 3.03. The summed E-state index contributed by atoms with van der Waals surface area (Å²) >= 11 is 0. The predicted octanol–water partition coefficient (Wildman–Crippen LogP) is 4.77. The molecular weight excluding hydrogens is 387 g/mol. The van der Waals surface area contributed by atoms with Gasteiger partial charge in [-0.3, -0.25) is 0 Å². The van der Waals surface area contributed by atoms with Crippen molar-refractivity contribution in [3.05, 3.63) is 65.6 Å². The fourth-order valence-electron chi connectivity index (χ4n) is 4.74. The van der Waals surface area contributed by atoms with Crippen LogP contribution in [0.4, 0.5) is 4.39 Å². The van der Waals surface area contributed by atoms with E-state index in [1.54, 1.807) is 0 Å². The Morgan fingerprint density at radius 2 is 1.79 bits per heavy atom. The molecule has 3 aromatic rings. The van der Waals surface area contributed by atoms with Crippen molar-refractivity contribution in [3.63, 3.8) is 0 Å². The highest BCUT2D eigenvalue weighted by atomic mass is 32.2. The van der Waals surface area contributed by atoms with Crippen molar-refractivity contribution in [1.82, 2.24) is 10.3 Å². The van der Waals surface area contributed by atoms with E-state index in [9.17, 15) is 12.8 Å². The number of para-hydroxylation sites is 1. The maximum atomic E-state index is 13.0. The van der Waals surface area contributed by atoms with Gasteiger partial charge in [-0.25, -0.2) is 12.8 Å². The van der Waals surface area contributed by atoms with E-state index in [-0.39, 0.29) is 16.2 Å². The Kier molecular flexibility index (Phi) is 5.03. The molecule has 0 spiro atoms. The molecule has 2 unspecified atom stereocenters. The van der Waals surface area contributed by atoms with Crippen molar-refractivity contribution in [3.8, 4) is 0 Å². The van der Waals surface area contributed by atoms with Gasteiger partial charge in [-0.1, -0.05) is 32.0 Å². The number of aromatic amines is 1. The number of halogens is 1. The monoisotopic (exact) mass is 414 g/mol. The molecule has 2 aromatic carbocycles. The standard InChI is InChI=1S/C23H27FN2O2S/c1-15-21(18-6-4-5-7-20(18)26-15)22-19(23(22,2)3)12-13-25-14-29(27,28)17-10-8-16(24)9-11-17/h4-11,19,22,25-26H,12-14H2,1-3H3. The van der Waals surface area contributed by atoms with Crippen LogP contribution in [0.15, 0.2) is 53.4 Å². The SMILES string of the molecule is Cc1[nH]c2ccccc2c1C1C(CCNCS(=O)(=O)c2ccc(F)cc2)C1(C)C. The van der Waals surface area contributed by atoms with Crippen LogP contribution in [0.25, 0.3) is 10.9 Å². The van der Waals surface area contributed by atoms with E-state index < -0.39 is 15.7 Å². The minimum Gasteiger partial charge on any atom is -0.358 e. The van der Waals surface area contributed by atoms with Gasteiger partial charge in [-0.15, -0.1) is 0 Å². The van der Waals surface area contributed by atoms with Gasteiger partial charge in [0.1, 0.15) is 11.7 Å². The van der Waals surface area contributed by atoms with Crippen LogP contribution in [-0.4, -0.2) is 25.8 Å².